The number of rotatable bonds is 0. The summed E-state index contributed by atoms with van der Waals surface area (Å²) in [6.45, 7) is 0. The van der Waals surface area contributed by atoms with E-state index in [1.165, 1.54) is 0 Å². The van der Waals surface area contributed by atoms with Crippen molar-refractivity contribution in [3.8, 4) is 11.1 Å². The van der Waals surface area contributed by atoms with Crippen LogP contribution >= 0.6 is 0 Å². The van der Waals surface area contributed by atoms with Gasteiger partial charge in [-0.25, -0.2) is 0 Å². The molecule has 1 atom stereocenters. The molecule has 0 aliphatic carbocycles. The molecule has 2 bridgehead atoms. The van der Waals surface area contributed by atoms with Crippen LogP contribution in [-0.2, 0) is 4.79 Å². The van der Waals surface area contributed by atoms with Gasteiger partial charge in [-0.05, 0) is 36.6 Å². The molecule has 22 heavy (non-hydrogen) atoms. The fourth-order valence-electron chi connectivity index (χ4n) is 2.85. The van der Waals surface area contributed by atoms with Crippen LogP contribution in [0.3, 0.4) is 0 Å². The van der Waals surface area contributed by atoms with E-state index in [1.54, 1.807) is 6.20 Å². The van der Waals surface area contributed by atoms with Crippen molar-refractivity contribution < 1.29 is 4.79 Å². The first kappa shape index (κ1) is 14.7. The number of nitrogens with one attached hydrogen (secondary N) is 1. The number of amides is 1. The highest BCUT2D eigenvalue weighted by Crippen LogP contribution is 2.30. The summed E-state index contributed by atoms with van der Waals surface area (Å²) in [7, 11) is 0. The van der Waals surface area contributed by atoms with Crippen LogP contribution in [0.15, 0.2) is 42.6 Å². The van der Waals surface area contributed by atoms with Crippen LogP contribution in [-0.4, -0.2) is 10.9 Å². The quantitative estimate of drug-likeness (QED) is 0.779. The van der Waals surface area contributed by atoms with Gasteiger partial charge in [0.2, 0.25) is 5.91 Å². The van der Waals surface area contributed by atoms with E-state index in [0.29, 0.717) is 6.42 Å². The van der Waals surface area contributed by atoms with Crippen LogP contribution in [0.5, 0.6) is 0 Å². The number of carbonyl (C=O) groups excluding carboxylic acids is 1. The normalized spacial score (nSPS) is 19.1. The number of fused-ring (bicyclic) bond motifs is 4. The van der Waals surface area contributed by atoms with Crippen molar-refractivity contribution in [2.45, 2.75) is 38.1 Å². The van der Waals surface area contributed by atoms with E-state index in [-0.39, 0.29) is 11.9 Å². The van der Waals surface area contributed by atoms with Gasteiger partial charge in [0.15, 0.2) is 0 Å². The minimum absolute atomic E-state index is 0.0449. The highest BCUT2D eigenvalue weighted by atomic mass is 16.1. The molecular formula is C18H21N3O. The van der Waals surface area contributed by atoms with E-state index in [1.807, 2.05) is 36.4 Å². The Kier molecular flexibility index (Phi) is 4.49. The lowest BCUT2D eigenvalue weighted by atomic mass is 10.0. The third-order valence-corrected chi connectivity index (χ3v) is 4.09. The van der Waals surface area contributed by atoms with Gasteiger partial charge in [0.25, 0.3) is 0 Å². The Morgan fingerprint density at radius 1 is 1.14 bits per heavy atom. The molecular weight excluding hydrogens is 274 g/mol. The molecule has 1 aromatic carbocycles. The van der Waals surface area contributed by atoms with Crippen LogP contribution < -0.4 is 11.1 Å². The van der Waals surface area contributed by atoms with Crippen molar-refractivity contribution in [3.05, 3.63) is 48.3 Å². The van der Waals surface area contributed by atoms with Crippen molar-refractivity contribution in [1.82, 2.24) is 4.98 Å². The number of pyridine rings is 1. The number of para-hydroxylation sites is 1. The number of hydrogen-bond donors (Lipinski definition) is 2. The molecule has 1 amide bonds. The van der Waals surface area contributed by atoms with Crippen molar-refractivity contribution in [3.63, 3.8) is 0 Å². The third-order valence-electron chi connectivity index (χ3n) is 4.09. The Hall–Kier alpha value is -2.20. The van der Waals surface area contributed by atoms with E-state index in [2.05, 4.69) is 10.3 Å². The first-order chi connectivity index (χ1) is 10.7. The van der Waals surface area contributed by atoms with Crippen LogP contribution in [0.25, 0.3) is 11.1 Å². The number of aromatic nitrogens is 1. The van der Waals surface area contributed by atoms with Gasteiger partial charge in [-0.1, -0.05) is 31.0 Å². The Morgan fingerprint density at radius 2 is 2.00 bits per heavy atom. The lowest BCUT2D eigenvalue weighted by Gasteiger charge is -2.13. The summed E-state index contributed by atoms with van der Waals surface area (Å²) in [6.07, 6.45) is 6.18. The molecule has 0 saturated heterocycles. The molecule has 3 N–H and O–H groups in total. The molecule has 114 valence electrons. The molecule has 2 aromatic rings. The zero-order valence-electron chi connectivity index (χ0n) is 12.6. The summed E-state index contributed by atoms with van der Waals surface area (Å²) in [5, 5.41) is 3.03. The fourth-order valence-corrected chi connectivity index (χ4v) is 2.85. The number of nitrogens with zero attached hydrogens (tertiary/aromatic N) is 1. The summed E-state index contributed by atoms with van der Waals surface area (Å²) in [4.78, 5) is 16.5. The van der Waals surface area contributed by atoms with E-state index >= 15 is 0 Å². The van der Waals surface area contributed by atoms with Gasteiger partial charge in [0.1, 0.15) is 0 Å². The molecule has 2 heterocycles. The van der Waals surface area contributed by atoms with Gasteiger partial charge in [-0.3, -0.25) is 9.78 Å². The maximum absolute atomic E-state index is 12.1. The molecule has 4 nitrogen and oxygen atoms in total. The van der Waals surface area contributed by atoms with Gasteiger partial charge in [0.05, 0.1) is 5.69 Å². The minimum atomic E-state index is -0.0449. The van der Waals surface area contributed by atoms with Crippen LogP contribution in [0.2, 0.25) is 0 Å². The summed E-state index contributed by atoms with van der Waals surface area (Å²) < 4.78 is 0. The van der Waals surface area contributed by atoms with Gasteiger partial charge in [0, 0.05) is 29.9 Å². The van der Waals surface area contributed by atoms with Crippen molar-refractivity contribution in [2.24, 2.45) is 5.73 Å². The van der Waals surface area contributed by atoms with Gasteiger partial charge >= 0.3 is 0 Å². The first-order valence-corrected chi connectivity index (χ1v) is 7.85. The highest BCUT2D eigenvalue weighted by Gasteiger charge is 2.13. The predicted molar refractivity (Wildman–Crippen MR) is 88.3 cm³/mol. The molecule has 0 unspecified atom stereocenters. The molecule has 0 saturated carbocycles. The van der Waals surface area contributed by atoms with Gasteiger partial charge in [-0.2, -0.15) is 0 Å². The average Bonchev–Trinajstić information content (AvgIpc) is 2.55. The summed E-state index contributed by atoms with van der Waals surface area (Å²) in [5.41, 5.74) is 10.1. The Labute approximate surface area is 130 Å². The van der Waals surface area contributed by atoms with E-state index in [0.717, 1.165) is 48.2 Å². The zero-order chi connectivity index (χ0) is 15.4. The zero-order valence-corrected chi connectivity index (χ0v) is 12.6. The maximum Gasteiger partial charge on any atom is 0.224 e. The maximum atomic E-state index is 12.1. The lowest BCUT2D eigenvalue weighted by Crippen LogP contribution is -2.12. The molecule has 0 radical (unpaired) electrons. The molecule has 1 aromatic heterocycles. The molecule has 3 rings (SSSR count). The number of hydrogen-bond acceptors (Lipinski definition) is 3. The van der Waals surface area contributed by atoms with E-state index in [9.17, 15) is 4.79 Å². The number of nitrogens with two attached hydrogens (primary N) is 1. The second-order valence-corrected chi connectivity index (χ2v) is 5.77. The van der Waals surface area contributed by atoms with Crippen LogP contribution in [0.1, 0.15) is 43.8 Å². The predicted octanol–water partition coefficient (Wildman–Crippen LogP) is 3.65. The Bertz CT molecular complexity index is 669. The van der Waals surface area contributed by atoms with E-state index in [4.69, 9.17) is 5.73 Å². The van der Waals surface area contributed by atoms with Crippen molar-refractivity contribution >= 4 is 11.6 Å². The third kappa shape index (κ3) is 3.34. The van der Waals surface area contributed by atoms with E-state index < -0.39 is 0 Å². The van der Waals surface area contributed by atoms with Crippen LogP contribution in [0, 0.1) is 0 Å². The summed E-state index contributed by atoms with van der Waals surface area (Å²) in [5.74, 6) is 0.0743. The van der Waals surface area contributed by atoms with Gasteiger partial charge in [-0.15, -0.1) is 0 Å². The average molecular weight is 295 g/mol. The fraction of sp³-hybridized carbons (Fsp3) is 0.333. The molecule has 0 fully saturated rings. The molecule has 1 aliphatic heterocycles. The standard InChI is InChI=1S/C18H21N3O/c19-15-7-2-1-3-9-18(22)21-16-8-5-4-6-14(16)13-10-11-20-17(15)12-13/h4-6,8,10-12,15H,1-3,7,9,19H2,(H,21,22)/t15-/m0/s1. The Morgan fingerprint density at radius 3 is 2.91 bits per heavy atom. The SMILES string of the molecule is N[C@H]1CCCCCC(=O)Nc2ccccc2-c2ccnc1c2. The lowest BCUT2D eigenvalue weighted by molar-refractivity contribution is -0.116. The largest absolute Gasteiger partial charge is 0.326 e. The minimum Gasteiger partial charge on any atom is -0.326 e. The molecule has 0 spiro atoms. The monoisotopic (exact) mass is 295 g/mol. The van der Waals surface area contributed by atoms with Crippen molar-refractivity contribution in [1.29, 1.82) is 0 Å². The number of carbonyl (C=O) groups is 1. The summed E-state index contributed by atoms with van der Waals surface area (Å²) >= 11 is 0. The smallest absolute Gasteiger partial charge is 0.224 e. The van der Waals surface area contributed by atoms with Crippen molar-refractivity contribution in [2.75, 3.05) is 5.32 Å². The second-order valence-electron chi connectivity index (χ2n) is 5.77. The number of benzene rings is 1. The Balaban J connectivity index is 2.03. The summed E-state index contributed by atoms with van der Waals surface area (Å²) in [6, 6.07) is 11.8. The van der Waals surface area contributed by atoms with Gasteiger partial charge < -0.3 is 11.1 Å². The number of anilines is 1. The molecule has 1 aliphatic rings. The second kappa shape index (κ2) is 6.71. The highest BCUT2D eigenvalue weighted by molar-refractivity contribution is 5.95. The first-order valence-electron chi connectivity index (χ1n) is 7.85. The topological polar surface area (TPSA) is 68.0 Å². The van der Waals surface area contributed by atoms with Crippen LogP contribution in [0.4, 0.5) is 5.69 Å². The molecule has 4 heteroatoms.